The monoisotopic (exact) mass is 787 g/mol. The summed E-state index contributed by atoms with van der Waals surface area (Å²) in [6.45, 7) is 3.46. The van der Waals surface area contributed by atoms with E-state index in [-0.39, 0.29) is 13.0 Å². The molecule has 0 aliphatic rings. The number of nitrogens with two attached hydrogens (primary N) is 1. The number of phosphoric ester groups is 1. The Labute approximate surface area is 331 Å². The molecule has 0 fully saturated rings. The van der Waals surface area contributed by atoms with E-state index in [0.717, 1.165) is 89.9 Å². The summed E-state index contributed by atoms with van der Waals surface area (Å²) in [6.07, 6.45) is 51.6. The number of carbonyl (C=O) groups excluding carboxylic acids is 1. The lowest BCUT2D eigenvalue weighted by atomic mass is 10.1. The number of carbonyl (C=O) groups is 2. The van der Waals surface area contributed by atoms with Crippen LogP contribution in [0.1, 0.15) is 117 Å². The fourth-order valence-corrected chi connectivity index (χ4v) is 5.30. The van der Waals surface area contributed by atoms with E-state index in [1.165, 1.54) is 0 Å². The second-order valence-electron chi connectivity index (χ2n) is 12.6. The Bertz CT molecular complexity index is 1280. The average molecular weight is 788 g/mol. The molecule has 0 aliphatic carbocycles. The molecule has 0 saturated heterocycles. The van der Waals surface area contributed by atoms with Crippen molar-refractivity contribution in [2.75, 3.05) is 26.4 Å². The van der Waals surface area contributed by atoms with Crippen LogP contribution in [0.3, 0.4) is 0 Å². The van der Waals surface area contributed by atoms with Crippen molar-refractivity contribution >= 4 is 19.8 Å². The first-order valence-electron chi connectivity index (χ1n) is 19.9. The third-order valence-corrected chi connectivity index (χ3v) is 8.51. The number of hydrogen-bond donors (Lipinski definition) is 3. The van der Waals surface area contributed by atoms with Crippen molar-refractivity contribution in [2.45, 2.75) is 129 Å². The zero-order valence-electron chi connectivity index (χ0n) is 33.5. The first-order valence-corrected chi connectivity index (χ1v) is 21.4. The maximum atomic E-state index is 12.6. The largest absolute Gasteiger partial charge is 0.480 e. The van der Waals surface area contributed by atoms with Gasteiger partial charge in [-0.3, -0.25) is 18.6 Å². The number of allylic oxidation sites excluding steroid dienone is 18. The Hall–Kier alpha value is -3.37. The average Bonchev–Trinajstić information content (AvgIpc) is 3.16. The highest BCUT2D eigenvalue weighted by molar-refractivity contribution is 7.47. The molecule has 3 atom stereocenters. The number of hydrogen-bond acceptors (Lipinski definition) is 8. The first kappa shape index (κ1) is 51.6. The molecule has 55 heavy (non-hydrogen) atoms. The Morgan fingerprint density at radius 2 is 1.00 bits per heavy atom. The lowest BCUT2D eigenvalue weighted by Crippen LogP contribution is -2.34. The van der Waals surface area contributed by atoms with Gasteiger partial charge in [-0.15, -0.1) is 0 Å². The van der Waals surface area contributed by atoms with Gasteiger partial charge in [-0.05, 0) is 83.5 Å². The van der Waals surface area contributed by atoms with Crippen molar-refractivity contribution in [1.82, 2.24) is 0 Å². The number of aliphatic carboxylic acids is 1. The van der Waals surface area contributed by atoms with Gasteiger partial charge in [0.2, 0.25) is 0 Å². The minimum absolute atomic E-state index is 0.0369. The lowest BCUT2D eigenvalue weighted by Gasteiger charge is -2.20. The number of ether oxygens (including phenoxy) is 2. The van der Waals surface area contributed by atoms with Gasteiger partial charge >= 0.3 is 19.8 Å². The number of rotatable bonds is 36. The highest BCUT2D eigenvalue weighted by atomic mass is 31.2. The van der Waals surface area contributed by atoms with Gasteiger partial charge in [-0.2, -0.15) is 0 Å². The van der Waals surface area contributed by atoms with E-state index in [2.05, 4.69) is 116 Å². The minimum atomic E-state index is -4.65. The first-order chi connectivity index (χ1) is 26.7. The number of phosphoric acid groups is 1. The van der Waals surface area contributed by atoms with Crippen molar-refractivity contribution in [1.29, 1.82) is 0 Å². The van der Waals surface area contributed by atoms with Crippen molar-refractivity contribution in [2.24, 2.45) is 5.73 Å². The molecular formula is C44H70NO9P. The minimum Gasteiger partial charge on any atom is -0.480 e. The summed E-state index contributed by atoms with van der Waals surface area (Å²) in [6, 6.07) is -1.49. The molecule has 0 heterocycles. The van der Waals surface area contributed by atoms with Gasteiger partial charge in [-0.25, -0.2) is 4.57 Å². The van der Waals surface area contributed by atoms with Gasteiger partial charge in [0, 0.05) is 13.0 Å². The van der Waals surface area contributed by atoms with Crippen LogP contribution in [0.15, 0.2) is 109 Å². The fraction of sp³-hybridized carbons (Fsp3) is 0.545. The summed E-state index contributed by atoms with van der Waals surface area (Å²) in [5.41, 5.74) is 5.34. The molecular weight excluding hydrogens is 717 g/mol. The number of carboxylic acid groups (broad SMARTS) is 1. The number of unbranched alkanes of at least 4 members (excludes halogenated alkanes) is 4. The molecule has 310 valence electrons. The van der Waals surface area contributed by atoms with E-state index in [1.54, 1.807) is 0 Å². The SMILES string of the molecule is CC/C=C\C/C=C\C/C=C\C/C=C\C/C=C\C/C=C\CCC(=O)OC(COCCCCCC/C=C\C/C=C\C/C=C\CC)COP(=O)(O)OCC(N)C(=O)O. The molecule has 0 radical (unpaired) electrons. The zero-order chi connectivity index (χ0) is 40.5. The standard InChI is InChI=1S/C44H70NO9P/c1-3-5-7-9-11-13-15-17-19-20-21-22-23-24-26-28-30-32-34-36-43(46)54-41(39-52-55(49,50)53-40-42(45)44(47)48)38-51-37-35-33-31-29-27-25-18-16-14-12-10-8-6-4-2/h5-8,11-14,17-19,21-22,24-26,30,32,41-42H,3-4,9-10,15-16,20,23,27-29,31,33-40,45H2,1-2H3,(H,47,48)(H,49,50)/b7-5-,8-6-,13-11-,14-12-,19-17-,22-21-,25-18-,26-24-,32-30-. The van der Waals surface area contributed by atoms with Gasteiger partial charge < -0.3 is 25.2 Å². The van der Waals surface area contributed by atoms with Crippen LogP contribution in [0.4, 0.5) is 0 Å². The summed E-state index contributed by atoms with van der Waals surface area (Å²) < 4.78 is 33.1. The molecule has 0 aromatic carbocycles. The van der Waals surface area contributed by atoms with Crippen LogP contribution < -0.4 is 5.73 Å². The molecule has 4 N–H and O–H groups in total. The lowest BCUT2D eigenvalue weighted by molar-refractivity contribution is -0.154. The molecule has 0 rings (SSSR count). The van der Waals surface area contributed by atoms with Crippen LogP contribution in [-0.2, 0) is 32.7 Å². The smallest absolute Gasteiger partial charge is 0.472 e. The van der Waals surface area contributed by atoms with Gasteiger partial charge in [-0.1, -0.05) is 136 Å². The van der Waals surface area contributed by atoms with Crippen LogP contribution in [0.5, 0.6) is 0 Å². The maximum absolute atomic E-state index is 12.6. The molecule has 0 aromatic heterocycles. The predicted octanol–water partition coefficient (Wildman–Crippen LogP) is 10.7. The van der Waals surface area contributed by atoms with Gasteiger partial charge in [0.05, 0.1) is 19.8 Å². The van der Waals surface area contributed by atoms with Crippen molar-refractivity contribution in [3.8, 4) is 0 Å². The van der Waals surface area contributed by atoms with Crippen LogP contribution >= 0.6 is 7.82 Å². The molecule has 0 saturated carbocycles. The Morgan fingerprint density at radius 1 is 0.582 bits per heavy atom. The van der Waals surface area contributed by atoms with E-state index >= 15 is 0 Å². The summed E-state index contributed by atoms with van der Waals surface area (Å²) in [4.78, 5) is 33.4. The number of esters is 1. The predicted molar refractivity (Wildman–Crippen MR) is 226 cm³/mol. The van der Waals surface area contributed by atoms with Crippen LogP contribution in [0.25, 0.3) is 0 Å². The summed E-state index contributed by atoms with van der Waals surface area (Å²) in [5.74, 6) is -1.89. The second kappa shape index (κ2) is 38.9. The molecule has 0 aliphatic heterocycles. The fourth-order valence-electron chi connectivity index (χ4n) is 4.52. The van der Waals surface area contributed by atoms with Crippen molar-refractivity contribution in [3.05, 3.63) is 109 Å². The Morgan fingerprint density at radius 3 is 1.47 bits per heavy atom. The van der Waals surface area contributed by atoms with E-state index in [9.17, 15) is 19.0 Å². The van der Waals surface area contributed by atoms with Crippen molar-refractivity contribution in [3.63, 3.8) is 0 Å². The van der Waals surface area contributed by atoms with Crippen molar-refractivity contribution < 1.29 is 42.7 Å². The topological polar surface area (TPSA) is 155 Å². The third-order valence-electron chi connectivity index (χ3n) is 7.56. The highest BCUT2D eigenvalue weighted by Gasteiger charge is 2.27. The Kier molecular flexibility index (Phi) is 36.5. The maximum Gasteiger partial charge on any atom is 0.472 e. The van der Waals surface area contributed by atoms with E-state index in [4.69, 9.17) is 24.8 Å². The molecule has 0 aromatic rings. The normalized spacial score (nSPS) is 15.1. The molecule has 0 amide bonds. The van der Waals surface area contributed by atoms with Crippen LogP contribution in [-0.4, -0.2) is 60.5 Å². The molecule has 3 unspecified atom stereocenters. The summed E-state index contributed by atoms with van der Waals surface area (Å²) in [7, 11) is -4.65. The van der Waals surface area contributed by atoms with Gasteiger partial charge in [0.15, 0.2) is 0 Å². The molecule has 0 spiro atoms. The van der Waals surface area contributed by atoms with E-state index < -0.39 is 45.1 Å². The molecule has 0 bridgehead atoms. The Balaban J connectivity index is 4.49. The number of carboxylic acids is 1. The highest BCUT2D eigenvalue weighted by Crippen LogP contribution is 2.43. The zero-order valence-corrected chi connectivity index (χ0v) is 34.4. The third kappa shape index (κ3) is 38.7. The molecule has 11 heteroatoms. The van der Waals surface area contributed by atoms with Crippen LogP contribution in [0.2, 0.25) is 0 Å². The van der Waals surface area contributed by atoms with Gasteiger partial charge in [0.1, 0.15) is 12.1 Å². The summed E-state index contributed by atoms with van der Waals surface area (Å²) >= 11 is 0. The second-order valence-corrected chi connectivity index (χ2v) is 14.1. The summed E-state index contributed by atoms with van der Waals surface area (Å²) in [5, 5.41) is 8.88. The quantitative estimate of drug-likeness (QED) is 0.0242. The van der Waals surface area contributed by atoms with E-state index in [0.29, 0.717) is 13.0 Å². The molecule has 10 nitrogen and oxygen atoms in total. The van der Waals surface area contributed by atoms with E-state index in [1.807, 2.05) is 12.2 Å². The van der Waals surface area contributed by atoms with Crippen LogP contribution in [0, 0.1) is 0 Å². The van der Waals surface area contributed by atoms with Gasteiger partial charge in [0.25, 0.3) is 0 Å².